The molecule has 0 heterocycles. The van der Waals surface area contributed by atoms with E-state index in [0.717, 1.165) is 0 Å². The highest BCUT2D eigenvalue weighted by Gasteiger charge is 2.21. The molecule has 1 N–H and O–H groups in total. The maximum absolute atomic E-state index is 12.2. The molecule has 0 saturated carbocycles. The number of rotatable bonds is 4. The maximum Gasteiger partial charge on any atom is 0.335 e. The summed E-state index contributed by atoms with van der Waals surface area (Å²) in [6, 6.07) is 2.74. The van der Waals surface area contributed by atoms with Gasteiger partial charge < -0.3 is 5.11 Å². The van der Waals surface area contributed by atoms with Crippen LogP contribution in [0, 0.1) is 19.8 Å². The van der Waals surface area contributed by atoms with E-state index in [4.69, 9.17) is 5.11 Å². The molecule has 1 aromatic carbocycles. The van der Waals surface area contributed by atoms with Crippen molar-refractivity contribution >= 4 is 15.8 Å². The van der Waals surface area contributed by atoms with Gasteiger partial charge in [0.25, 0.3) is 0 Å². The van der Waals surface area contributed by atoms with Gasteiger partial charge in [-0.15, -0.1) is 0 Å². The molecule has 0 unspecified atom stereocenters. The highest BCUT2D eigenvalue weighted by molar-refractivity contribution is 7.91. The number of carbonyl (C=O) groups is 1. The highest BCUT2D eigenvalue weighted by Crippen LogP contribution is 2.23. The summed E-state index contributed by atoms with van der Waals surface area (Å²) in [4.78, 5) is 11.1. The number of aromatic carboxylic acids is 1. The lowest BCUT2D eigenvalue weighted by molar-refractivity contribution is 0.0696. The fraction of sp³-hybridized carbons (Fsp3) is 0.462. The zero-order chi connectivity index (χ0) is 14.1. The predicted octanol–water partition coefficient (Wildman–Crippen LogP) is 2.43. The van der Waals surface area contributed by atoms with Gasteiger partial charge >= 0.3 is 5.97 Å². The Kier molecular flexibility index (Phi) is 4.16. The minimum Gasteiger partial charge on any atom is -0.478 e. The van der Waals surface area contributed by atoms with Crippen LogP contribution >= 0.6 is 0 Å². The molecule has 1 aromatic rings. The van der Waals surface area contributed by atoms with E-state index in [9.17, 15) is 13.2 Å². The summed E-state index contributed by atoms with van der Waals surface area (Å²) in [6.45, 7) is 7.06. The fourth-order valence-electron chi connectivity index (χ4n) is 1.80. The second-order valence-electron chi connectivity index (χ2n) is 4.90. The Bertz CT molecular complexity index is 571. The van der Waals surface area contributed by atoms with Gasteiger partial charge in [0.15, 0.2) is 9.84 Å². The minimum atomic E-state index is -3.43. The smallest absolute Gasteiger partial charge is 0.335 e. The SMILES string of the molecule is Cc1cc(C(=O)O)cc(S(=O)(=O)CC(C)C)c1C. The summed E-state index contributed by atoms with van der Waals surface area (Å²) < 4.78 is 24.4. The lowest BCUT2D eigenvalue weighted by atomic mass is 10.1. The van der Waals surface area contributed by atoms with Crippen LogP contribution in [0.3, 0.4) is 0 Å². The first-order valence-corrected chi connectivity index (χ1v) is 7.37. The average molecular weight is 270 g/mol. The van der Waals surface area contributed by atoms with Gasteiger partial charge in [-0.05, 0) is 43.0 Å². The van der Waals surface area contributed by atoms with E-state index in [1.165, 1.54) is 12.1 Å². The number of carboxylic acids is 1. The van der Waals surface area contributed by atoms with Gasteiger partial charge in [-0.1, -0.05) is 13.8 Å². The second kappa shape index (κ2) is 5.10. The van der Waals surface area contributed by atoms with Gasteiger partial charge in [0.2, 0.25) is 0 Å². The molecule has 0 fully saturated rings. The standard InChI is InChI=1S/C13H18O4S/c1-8(2)7-18(16,17)12-6-11(13(14)15)5-9(3)10(12)4/h5-6,8H,7H2,1-4H3,(H,14,15). The number of hydrogen-bond donors (Lipinski definition) is 1. The third-order valence-corrected chi connectivity index (χ3v) is 4.95. The summed E-state index contributed by atoms with van der Waals surface area (Å²) >= 11 is 0. The van der Waals surface area contributed by atoms with E-state index in [2.05, 4.69) is 0 Å². The molecular formula is C13H18O4S. The van der Waals surface area contributed by atoms with E-state index in [-0.39, 0.29) is 22.1 Å². The molecule has 0 aliphatic carbocycles. The second-order valence-corrected chi connectivity index (χ2v) is 6.90. The van der Waals surface area contributed by atoms with Crippen molar-refractivity contribution in [3.05, 3.63) is 28.8 Å². The number of sulfone groups is 1. The molecule has 0 saturated heterocycles. The van der Waals surface area contributed by atoms with Crippen LogP contribution < -0.4 is 0 Å². The number of hydrogen-bond acceptors (Lipinski definition) is 3. The van der Waals surface area contributed by atoms with E-state index in [1.54, 1.807) is 13.8 Å². The Balaban J connectivity index is 3.45. The van der Waals surface area contributed by atoms with Crippen LogP contribution in [-0.4, -0.2) is 25.2 Å². The van der Waals surface area contributed by atoms with E-state index >= 15 is 0 Å². The van der Waals surface area contributed by atoms with Crippen molar-refractivity contribution in [1.29, 1.82) is 0 Å². The van der Waals surface area contributed by atoms with Crippen LogP contribution in [-0.2, 0) is 9.84 Å². The molecule has 0 aliphatic rings. The van der Waals surface area contributed by atoms with Crippen molar-refractivity contribution < 1.29 is 18.3 Å². The Hall–Kier alpha value is -1.36. The molecule has 0 amide bonds. The Labute approximate surface area is 108 Å². The average Bonchev–Trinajstić information content (AvgIpc) is 2.19. The molecular weight excluding hydrogens is 252 g/mol. The quantitative estimate of drug-likeness (QED) is 0.912. The van der Waals surface area contributed by atoms with Crippen molar-refractivity contribution in [1.82, 2.24) is 0 Å². The first kappa shape index (κ1) is 14.7. The van der Waals surface area contributed by atoms with Gasteiger partial charge in [0, 0.05) is 0 Å². The molecule has 5 heteroatoms. The van der Waals surface area contributed by atoms with Crippen molar-refractivity contribution in [2.75, 3.05) is 5.75 Å². The molecule has 4 nitrogen and oxygen atoms in total. The lowest BCUT2D eigenvalue weighted by Crippen LogP contribution is -2.14. The molecule has 0 aromatic heterocycles. The van der Waals surface area contributed by atoms with Crippen molar-refractivity contribution in [2.24, 2.45) is 5.92 Å². The summed E-state index contributed by atoms with van der Waals surface area (Å²) in [6.07, 6.45) is 0. The minimum absolute atomic E-state index is 0.00295. The zero-order valence-electron chi connectivity index (χ0n) is 11.0. The molecule has 18 heavy (non-hydrogen) atoms. The molecule has 0 radical (unpaired) electrons. The normalized spacial score (nSPS) is 11.8. The van der Waals surface area contributed by atoms with E-state index in [0.29, 0.717) is 11.1 Å². The predicted molar refractivity (Wildman–Crippen MR) is 69.8 cm³/mol. The number of aryl methyl sites for hydroxylation is 1. The molecule has 0 aliphatic heterocycles. The summed E-state index contributed by atoms with van der Waals surface area (Å²) in [7, 11) is -3.43. The van der Waals surface area contributed by atoms with Crippen molar-refractivity contribution in [2.45, 2.75) is 32.6 Å². The third-order valence-electron chi connectivity index (χ3n) is 2.75. The molecule has 0 bridgehead atoms. The van der Waals surface area contributed by atoms with Crippen LogP contribution in [0.2, 0.25) is 0 Å². The zero-order valence-corrected chi connectivity index (χ0v) is 11.8. The monoisotopic (exact) mass is 270 g/mol. The molecule has 1 rings (SSSR count). The molecule has 100 valence electrons. The Morgan fingerprint density at radius 3 is 2.28 bits per heavy atom. The summed E-state index contributed by atoms with van der Waals surface area (Å²) in [5, 5.41) is 8.98. The fourth-order valence-corrected chi connectivity index (χ4v) is 3.79. The van der Waals surface area contributed by atoms with Gasteiger partial charge in [0.05, 0.1) is 16.2 Å². The Morgan fingerprint density at radius 1 is 1.28 bits per heavy atom. The lowest BCUT2D eigenvalue weighted by Gasteiger charge is -2.12. The van der Waals surface area contributed by atoms with E-state index in [1.807, 2.05) is 13.8 Å². The van der Waals surface area contributed by atoms with Gasteiger partial charge in [-0.25, -0.2) is 13.2 Å². The number of carboxylic acid groups (broad SMARTS) is 1. The number of benzene rings is 1. The van der Waals surface area contributed by atoms with Crippen molar-refractivity contribution in [3.63, 3.8) is 0 Å². The first-order valence-electron chi connectivity index (χ1n) is 5.72. The largest absolute Gasteiger partial charge is 0.478 e. The first-order chi connectivity index (χ1) is 8.15. The summed E-state index contributed by atoms with van der Waals surface area (Å²) in [5.41, 5.74) is 1.32. The van der Waals surface area contributed by atoms with Crippen LogP contribution in [0.4, 0.5) is 0 Å². The van der Waals surface area contributed by atoms with Gasteiger partial charge in [-0.3, -0.25) is 0 Å². The Morgan fingerprint density at radius 2 is 1.83 bits per heavy atom. The molecule has 0 atom stereocenters. The van der Waals surface area contributed by atoms with Gasteiger partial charge in [-0.2, -0.15) is 0 Å². The van der Waals surface area contributed by atoms with Crippen LogP contribution in [0.25, 0.3) is 0 Å². The van der Waals surface area contributed by atoms with Gasteiger partial charge in [0.1, 0.15) is 0 Å². The van der Waals surface area contributed by atoms with Crippen LogP contribution in [0.5, 0.6) is 0 Å². The third kappa shape index (κ3) is 3.10. The summed E-state index contributed by atoms with van der Waals surface area (Å²) in [5.74, 6) is -1.08. The van der Waals surface area contributed by atoms with Crippen molar-refractivity contribution in [3.8, 4) is 0 Å². The maximum atomic E-state index is 12.2. The topological polar surface area (TPSA) is 71.4 Å². The van der Waals surface area contributed by atoms with Crippen LogP contribution in [0.15, 0.2) is 17.0 Å². The highest BCUT2D eigenvalue weighted by atomic mass is 32.2. The van der Waals surface area contributed by atoms with Crippen LogP contribution in [0.1, 0.15) is 35.3 Å². The molecule has 0 spiro atoms. The van der Waals surface area contributed by atoms with E-state index < -0.39 is 15.8 Å².